The van der Waals surface area contributed by atoms with Gasteiger partial charge in [0.15, 0.2) is 0 Å². The summed E-state index contributed by atoms with van der Waals surface area (Å²) in [6, 6.07) is 4.61. The van der Waals surface area contributed by atoms with E-state index in [1.807, 2.05) is 18.0 Å². The summed E-state index contributed by atoms with van der Waals surface area (Å²) < 4.78 is 13.9. The molecular formula is C15H23FN2O. The van der Waals surface area contributed by atoms with Gasteiger partial charge < -0.3 is 15.7 Å². The van der Waals surface area contributed by atoms with Gasteiger partial charge in [-0.3, -0.25) is 0 Å². The van der Waals surface area contributed by atoms with Gasteiger partial charge in [0, 0.05) is 30.9 Å². The van der Waals surface area contributed by atoms with Gasteiger partial charge in [-0.1, -0.05) is 18.9 Å². The summed E-state index contributed by atoms with van der Waals surface area (Å²) in [7, 11) is 1.89. The normalized spacial score (nSPS) is 19.4. The molecule has 0 aliphatic heterocycles. The molecule has 1 atom stereocenters. The van der Waals surface area contributed by atoms with E-state index < -0.39 is 5.60 Å². The zero-order valence-electron chi connectivity index (χ0n) is 11.7. The van der Waals surface area contributed by atoms with Crippen molar-refractivity contribution in [2.24, 2.45) is 5.73 Å². The molecular weight excluding hydrogens is 243 g/mol. The molecule has 0 aromatic heterocycles. The first-order chi connectivity index (χ1) is 8.93. The Morgan fingerprint density at radius 1 is 1.42 bits per heavy atom. The van der Waals surface area contributed by atoms with Crippen molar-refractivity contribution in [1.29, 1.82) is 0 Å². The predicted octanol–water partition coefficient (Wildman–Crippen LogP) is 2.59. The number of nitrogens with two attached hydrogens (primary N) is 1. The Hall–Kier alpha value is -1.13. The average molecular weight is 266 g/mol. The van der Waals surface area contributed by atoms with Crippen molar-refractivity contribution in [1.82, 2.24) is 0 Å². The van der Waals surface area contributed by atoms with Crippen LogP contribution in [-0.4, -0.2) is 24.3 Å². The van der Waals surface area contributed by atoms with Crippen molar-refractivity contribution in [3.05, 3.63) is 29.6 Å². The number of likely N-dealkylation sites (N-methyl/N-ethyl adjacent to an activating group) is 1. The first-order valence-electron chi connectivity index (χ1n) is 6.90. The molecule has 1 aromatic carbocycles. The van der Waals surface area contributed by atoms with Gasteiger partial charge in [-0.05, 0) is 31.9 Å². The summed E-state index contributed by atoms with van der Waals surface area (Å²) >= 11 is 0. The molecule has 1 aromatic rings. The number of aliphatic hydroxyl groups is 1. The van der Waals surface area contributed by atoms with Crippen molar-refractivity contribution >= 4 is 5.69 Å². The van der Waals surface area contributed by atoms with E-state index in [9.17, 15) is 9.50 Å². The van der Waals surface area contributed by atoms with Gasteiger partial charge in [-0.2, -0.15) is 0 Å². The Bertz CT molecular complexity index is 442. The van der Waals surface area contributed by atoms with Gasteiger partial charge in [-0.25, -0.2) is 4.39 Å². The van der Waals surface area contributed by atoms with Crippen LogP contribution in [0.3, 0.4) is 0 Å². The van der Waals surface area contributed by atoms with Crippen LogP contribution in [0, 0.1) is 5.82 Å². The number of halogens is 1. The molecule has 0 unspecified atom stereocenters. The lowest BCUT2D eigenvalue weighted by atomic mass is 10.00. The summed E-state index contributed by atoms with van der Waals surface area (Å²) in [4.78, 5) is 1.92. The maximum absolute atomic E-state index is 13.9. The molecule has 0 heterocycles. The molecule has 3 N–H and O–H groups in total. The predicted molar refractivity (Wildman–Crippen MR) is 75.7 cm³/mol. The third-order valence-corrected chi connectivity index (χ3v) is 3.96. The highest BCUT2D eigenvalue weighted by Crippen LogP contribution is 2.33. The standard InChI is InChI=1S/C15H23FN2O/c1-11(17)14-12(16)6-5-7-13(14)18(2)10-15(19)8-3-4-9-15/h5-7,11,19H,3-4,8-10,17H2,1-2H3/t11-/m1/s1. The summed E-state index contributed by atoms with van der Waals surface area (Å²) in [5.41, 5.74) is 6.52. The number of nitrogens with zero attached hydrogens (tertiary/aromatic N) is 1. The fourth-order valence-electron chi connectivity index (χ4n) is 3.03. The number of benzene rings is 1. The monoisotopic (exact) mass is 266 g/mol. The minimum absolute atomic E-state index is 0.280. The largest absolute Gasteiger partial charge is 0.388 e. The van der Waals surface area contributed by atoms with Crippen LogP contribution < -0.4 is 10.6 Å². The molecule has 1 fully saturated rings. The number of hydrogen-bond donors (Lipinski definition) is 2. The average Bonchev–Trinajstić information content (AvgIpc) is 2.74. The molecule has 0 saturated heterocycles. The van der Waals surface area contributed by atoms with Gasteiger partial charge in [0.25, 0.3) is 0 Å². The number of rotatable bonds is 4. The van der Waals surface area contributed by atoms with E-state index in [1.54, 1.807) is 13.0 Å². The molecule has 1 aliphatic carbocycles. The fraction of sp³-hybridized carbons (Fsp3) is 0.600. The lowest BCUT2D eigenvalue weighted by molar-refractivity contribution is 0.0559. The third kappa shape index (κ3) is 3.07. The molecule has 1 aliphatic rings. The van der Waals surface area contributed by atoms with Crippen LogP contribution in [-0.2, 0) is 0 Å². The van der Waals surface area contributed by atoms with E-state index in [-0.39, 0.29) is 11.9 Å². The second-order valence-electron chi connectivity index (χ2n) is 5.75. The molecule has 0 bridgehead atoms. The first-order valence-corrected chi connectivity index (χ1v) is 6.90. The van der Waals surface area contributed by atoms with Crippen LogP contribution in [0.2, 0.25) is 0 Å². The molecule has 2 rings (SSSR count). The van der Waals surface area contributed by atoms with Crippen LogP contribution >= 0.6 is 0 Å². The van der Waals surface area contributed by atoms with Crippen LogP contribution in [0.1, 0.15) is 44.2 Å². The van der Waals surface area contributed by atoms with Crippen molar-refractivity contribution in [3.63, 3.8) is 0 Å². The Labute approximate surface area is 114 Å². The number of hydrogen-bond acceptors (Lipinski definition) is 3. The highest BCUT2D eigenvalue weighted by molar-refractivity contribution is 5.55. The molecule has 4 heteroatoms. The van der Waals surface area contributed by atoms with E-state index in [0.29, 0.717) is 12.1 Å². The zero-order chi connectivity index (χ0) is 14.0. The zero-order valence-corrected chi connectivity index (χ0v) is 11.7. The van der Waals surface area contributed by atoms with E-state index in [0.717, 1.165) is 31.4 Å². The highest BCUT2D eigenvalue weighted by Gasteiger charge is 2.33. The quantitative estimate of drug-likeness (QED) is 0.880. The molecule has 0 radical (unpaired) electrons. The second kappa shape index (κ2) is 5.47. The molecule has 0 amide bonds. The Morgan fingerprint density at radius 3 is 2.63 bits per heavy atom. The third-order valence-electron chi connectivity index (χ3n) is 3.96. The van der Waals surface area contributed by atoms with Crippen molar-refractivity contribution in [2.75, 3.05) is 18.5 Å². The lowest BCUT2D eigenvalue weighted by Crippen LogP contribution is -2.39. The van der Waals surface area contributed by atoms with Crippen LogP contribution in [0.25, 0.3) is 0 Å². The molecule has 3 nitrogen and oxygen atoms in total. The van der Waals surface area contributed by atoms with Crippen molar-refractivity contribution in [2.45, 2.75) is 44.2 Å². The van der Waals surface area contributed by atoms with E-state index in [4.69, 9.17) is 5.73 Å². The van der Waals surface area contributed by atoms with E-state index >= 15 is 0 Å². The van der Waals surface area contributed by atoms with Gasteiger partial charge in [-0.15, -0.1) is 0 Å². The summed E-state index contributed by atoms with van der Waals surface area (Å²) in [6.07, 6.45) is 3.77. The van der Waals surface area contributed by atoms with Crippen LogP contribution in [0.15, 0.2) is 18.2 Å². The smallest absolute Gasteiger partial charge is 0.130 e. The highest BCUT2D eigenvalue weighted by atomic mass is 19.1. The SMILES string of the molecule is C[C@@H](N)c1c(F)cccc1N(C)CC1(O)CCCC1. The van der Waals surface area contributed by atoms with E-state index in [1.165, 1.54) is 6.07 Å². The number of anilines is 1. The minimum Gasteiger partial charge on any atom is -0.388 e. The topological polar surface area (TPSA) is 49.5 Å². The van der Waals surface area contributed by atoms with E-state index in [2.05, 4.69) is 0 Å². The maximum Gasteiger partial charge on any atom is 0.130 e. The Kier molecular flexibility index (Phi) is 4.11. The molecule has 0 spiro atoms. The van der Waals surface area contributed by atoms with Crippen molar-refractivity contribution < 1.29 is 9.50 Å². The van der Waals surface area contributed by atoms with Crippen LogP contribution in [0.4, 0.5) is 10.1 Å². The van der Waals surface area contributed by atoms with Gasteiger partial charge >= 0.3 is 0 Å². The lowest BCUT2D eigenvalue weighted by Gasteiger charge is -2.32. The van der Waals surface area contributed by atoms with Crippen LogP contribution in [0.5, 0.6) is 0 Å². The Balaban J connectivity index is 2.23. The summed E-state index contributed by atoms with van der Waals surface area (Å²) in [5, 5.41) is 10.5. The van der Waals surface area contributed by atoms with Gasteiger partial charge in [0.1, 0.15) is 5.82 Å². The first kappa shape index (κ1) is 14.3. The fourth-order valence-corrected chi connectivity index (χ4v) is 3.03. The molecule has 106 valence electrons. The maximum atomic E-state index is 13.9. The molecule has 1 saturated carbocycles. The van der Waals surface area contributed by atoms with Crippen molar-refractivity contribution in [3.8, 4) is 0 Å². The Morgan fingerprint density at radius 2 is 2.05 bits per heavy atom. The van der Waals surface area contributed by atoms with Gasteiger partial charge in [0.2, 0.25) is 0 Å². The second-order valence-corrected chi connectivity index (χ2v) is 5.75. The summed E-state index contributed by atoms with van der Waals surface area (Å²) in [5.74, 6) is -0.280. The van der Waals surface area contributed by atoms with Gasteiger partial charge in [0.05, 0.1) is 5.60 Å². The minimum atomic E-state index is -0.643. The summed E-state index contributed by atoms with van der Waals surface area (Å²) in [6.45, 7) is 2.30. The molecule has 19 heavy (non-hydrogen) atoms.